The number of allylic oxidation sites excluding steroid dienone is 1. The molecule has 0 aliphatic carbocycles. The Morgan fingerprint density at radius 1 is 0.375 bits per heavy atom. The van der Waals surface area contributed by atoms with Gasteiger partial charge in [0.15, 0.2) is 0 Å². The van der Waals surface area contributed by atoms with Gasteiger partial charge in [0.2, 0.25) is 0 Å². The lowest BCUT2D eigenvalue weighted by Gasteiger charge is -2.27. The van der Waals surface area contributed by atoms with Crippen molar-refractivity contribution in [1.82, 2.24) is 0 Å². The number of hydrogen-bond donors (Lipinski definition) is 0. The van der Waals surface area contributed by atoms with Crippen LogP contribution in [0.3, 0.4) is 0 Å². The number of carbonyl (C=O) groups is 1. The topological polar surface area (TPSA) is 42.0 Å². The van der Waals surface area contributed by atoms with Crippen molar-refractivity contribution in [2.75, 3.05) is 23.0 Å². The number of hydrogen-bond acceptors (Lipinski definition) is 5. The number of aryl methyl sites for hydroxylation is 4. The minimum Gasteiger partial charge on any atom is -0.494 e. The minimum atomic E-state index is -0.345. The highest BCUT2D eigenvalue weighted by atomic mass is 16.5. The van der Waals surface area contributed by atoms with E-state index < -0.39 is 0 Å². The third-order valence-corrected chi connectivity index (χ3v) is 13.6. The molecule has 6 aromatic carbocycles. The predicted molar refractivity (Wildman–Crippen MR) is 308 cm³/mol. The van der Waals surface area contributed by atoms with Gasteiger partial charge in [-0.15, -0.1) is 0 Å². The summed E-state index contributed by atoms with van der Waals surface area (Å²) < 4.78 is 10.7. The lowest BCUT2D eigenvalue weighted by molar-refractivity contribution is -0.137. The Hall–Kier alpha value is -6.59. The second-order valence-electron chi connectivity index (χ2n) is 19.3. The highest BCUT2D eigenvalue weighted by Gasteiger charge is 2.16. The number of carbonyl (C=O) groups excluding carboxylic acids is 1. The van der Waals surface area contributed by atoms with Crippen molar-refractivity contribution in [3.8, 4) is 11.1 Å². The normalized spacial score (nSPS) is 11.0. The summed E-state index contributed by atoms with van der Waals surface area (Å²) in [5.41, 5.74) is 14.7. The zero-order valence-electron chi connectivity index (χ0n) is 43.8. The van der Waals surface area contributed by atoms with Gasteiger partial charge in [-0.05, 0) is 176 Å². The Balaban J connectivity index is 1.17. The summed E-state index contributed by atoms with van der Waals surface area (Å²) in [5, 5.41) is 0. The van der Waals surface area contributed by atoms with Crippen molar-refractivity contribution in [3.63, 3.8) is 0 Å². The summed E-state index contributed by atoms with van der Waals surface area (Å²) in [6.45, 7) is 16.7. The molecule has 0 aliphatic rings. The van der Waals surface area contributed by atoms with Crippen molar-refractivity contribution in [2.24, 2.45) is 0 Å². The first-order valence-corrected chi connectivity index (χ1v) is 27.3. The fourth-order valence-electron chi connectivity index (χ4n) is 9.32. The molecule has 378 valence electrons. The Kier molecular flexibility index (Phi) is 23.6. The molecular formula is C67H82N2O3. The number of unbranched alkanes of at least 4 members (excludes halogenated alkanes) is 12. The van der Waals surface area contributed by atoms with E-state index in [4.69, 9.17) is 9.47 Å². The number of nitrogens with zero attached hydrogens (tertiary/aromatic N) is 2. The van der Waals surface area contributed by atoms with E-state index in [1.165, 1.54) is 97.2 Å². The molecule has 72 heavy (non-hydrogen) atoms. The Labute approximate surface area is 434 Å². The third kappa shape index (κ3) is 17.9. The van der Waals surface area contributed by atoms with Gasteiger partial charge in [0.1, 0.15) is 5.76 Å². The van der Waals surface area contributed by atoms with Gasteiger partial charge in [-0.2, -0.15) is 0 Å². The van der Waals surface area contributed by atoms with Crippen LogP contribution < -0.4 is 9.80 Å². The molecule has 0 unspecified atom stereocenters. The van der Waals surface area contributed by atoms with Gasteiger partial charge in [0.05, 0.1) is 13.2 Å². The molecule has 0 saturated heterocycles. The van der Waals surface area contributed by atoms with Gasteiger partial charge < -0.3 is 19.3 Å². The summed E-state index contributed by atoms with van der Waals surface area (Å²) in [5.74, 6) is 0.307. The first kappa shape index (κ1) is 54.7. The summed E-state index contributed by atoms with van der Waals surface area (Å²) in [6.07, 6.45) is 26.0. The van der Waals surface area contributed by atoms with Crippen LogP contribution in [0.4, 0.5) is 34.1 Å². The first-order valence-electron chi connectivity index (χ1n) is 27.3. The van der Waals surface area contributed by atoms with E-state index >= 15 is 0 Å². The SMILES string of the molecule is C=CC(=C)OCCCCCCc1ccc(N(c2ccc(CCCCCC)cc2)c2ccc(-c3ccc(N(c4ccc(CCCCCC)cc4)c4ccc(CCCCCCOC(=O)C=C)cc4)cc3)cc2)cc1. The van der Waals surface area contributed by atoms with Crippen LogP contribution in [0.15, 0.2) is 183 Å². The van der Waals surface area contributed by atoms with E-state index in [9.17, 15) is 4.79 Å². The van der Waals surface area contributed by atoms with E-state index in [2.05, 4.69) is 189 Å². The van der Waals surface area contributed by atoms with Gasteiger partial charge in [0, 0.05) is 40.2 Å². The van der Waals surface area contributed by atoms with Gasteiger partial charge in [0.25, 0.3) is 0 Å². The van der Waals surface area contributed by atoms with Crippen LogP contribution in [-0.2, 0) is 40.0 Å². The molecule has 0 N–H and O–H groups in total. The highest BCUT2D eigenvalue weighted by Crippen LogP contribution is 2.39. The maximum Gasteiger partial charge on any atom is 0.330 e. The number of ether oxygens (including phenoxy) is 2. The summed E-state index contributed by atoms with van der Waals surface area (Å²) in [4.78, 5) is 16.1. The van der Waals surface area contributed by atoms with Crippen molar-refractivity contribution in [1.29, 1.82) is 0 Å². The molecule has 0 heterocycles. The Bertz CT molecular complexity index is 2310. The van der Waals surface area contributed by atoms with Crippen molar-refractivity contribution >= 4 is 40.1 Å². The molecule has 0 spiro atoms. The third-order valence-electron chi connectivity index (χ3n) is 13.6. The van der Waals surface area contributed by atoms with Gasteiger partial charge >= 0.3 is 5.97 Å². The lowest BCUT2D eigenvalue weighted by Crippen LogP contribution is -2.10. The molecule has 0 bridgehead atoms. The van der Waals surface area contributed by atoms with E-state index in [0.717, 1.165) is 105 Å². The van der Waals surface area contributed by atoms with Crippen molar-refractivity contribution < 1.29 is 14.3 Å². The second-order valence-corrected chi connectivity index (χ2v) is 19.3. The van der Waals surface area contributed by atoms with Gasteiger partial charge in [-0.1, -0.05) is 171 Å². The minimum absolute atomic E-state index is 0.345. The molecule has 6 aromatic rings. The van der Waals surface area contributed by atoms with E-state index in [1.54, 1.807) is 6.08 Å². The lowest BCUT2D eigenvalue weighted by atomic mass is 10.0. The smallest absolute Gasteiger partial charge is 0.330 e. The molecule has 5 nitrogen and oxygen atoms in total. The van der Waals surface area contributed by atoms with E-state index in [0.29, 0.717) is 19.0 Å². The van der Waals surface area contributed by atoms with Crippen molar-refractivity contribution in [3.05, 3.63) is 205 Å². The molecule has 0 fully saturated rings. The van der Waals surface area contributed by atoms with Crippen LogP contribution in [0.1, 0.15) is 139 Å². The van der Waals surface area contributed by atoms with Crippen LogP contribution in [0, 0.1) is 0 Å². The molecule has 0 radical (unpaired) electrons. The standard InChI is InChI=1S/C67H82N2O3/c1-6-10-12-18-24-55-28-40-61(41-29-55)68(63-44-32-57(33-45-63)26-20-14-16-22-52-71-54(5)8-3)65-48-36-59(37-49-65)60-38-50-66(51-39-60)69(62-42-30-56(31-43-62)25-19-13-11-7-2)64-46-34-58(35-47-64)27-21-15-17-23-53-72-67(70)9-4/h8-9,28-51H,3-7,10-27,52-53H2,1-2H3. The number of anilines is 6. The molecule has 0 atom stereocenters. The highest BCUT2D eigenvalue weighted by molar-refractivity contribution is 5.82. The largest absolute Gasteiger partial charge is 0.494 e. The Morgan fingerprint density at radius 2 is 0.653 bits per heavy atom. The van der Waals surface area contributed by atoms with Crippen LogP contribution in [0.5, 0.6) is 0 Å². The molecule has 0 aromatic heterocycles. The van der Waals surface area contributed by atoms with E-state index in [1.807, 2.05) is 0 Å². The van der Waals surface area contributed by atoms with Crippen molar-refractivity contribution in [2.45, 2.75) is 142 Å². The number of rotatable bonds is 34. The fraction of sp³-hybridized carbons (Fsp3) is 0.358. The van der Waals surface area contributed by atoms with Crippen LogP contribution in [0.25, 0.3) is 11.1 Å². The predicted octanol–water partition coefficient (Wildman–Crippen LogP) is 19.2. The molecule has 0 aliphatic heterocycles. The molecule has 6 rings (SSSR count). The zero-order chi connectivity index (χ0) is 50.6. The monoisotopic (exact) mass is 963 g/mol. The Morgan fingerprint density at radius 3 is 0.944 bits per heavy atom. The quantitative estimate of drug-likeness (QED) is 0.0133. The summed E-state index contributed by atoms with van der Waals surface area (Å²) in [6, 6.07) is 54.7. The maximum atomic E-state index is 11.3. The number of esters is 1. The maximum absolute atomic E-state index is 11.3. The average molecular weight is 963 g/mol. The van der Waals surface area contributed by atoms with Gasteiger partial charge in [-0.3, -0.25) is 0 Å². The average Bonchev–Trinajstić information content (AvgIpc) is 3.42. The zero-order valence-corrected chi connectivity index (χ0v) is 43.8. The fourth-order valence-corrected chi connectivity index (χ4v) is 9.32. The molecule has 5 heteroatoms. The number of benzene rings is 6. The van der Waals surface area contributed by atoms with Crippen LogP contribution in [-0.4, -0.2) is 19.2 Å². The molecular weight excluding hydrogens is 881 g/mol. The van der Waals surface area contributed by atoms with E-state index in [-0.39, 0.29) is 5.97 Å². The van der Waals surface area contributed by atoms with Crippen LogP contribution in [0.2, 0.25) is 0 Å². The molecule has 0 saturated carbocycles. The first-order chi connectivity index (χ1) is 35.4. The summed E-state index contributed by atoms with van der Waals surface area (Å²) >= 11 is 0. The van der Waals surface area contributed by atoms with Gasteiger partial charge in [-0.25, -0.2) is 4.79 Å². The second kappa shape index (κ2) is 31.0. The summed E-state index contributed by atoms with van der Waals surface area (Å²) in [7, 11) is 0. The van der Waals surface area contributed by atoms with Crippen LogP contribution >= 0.6 is 0 Å². The molecule has 0 amide bonds.